The highest BCUT2D eigenvalue weighted by Crippen LogP contribution is 2.26. The van der Waals surface area contributed by atoms with E-state index < -0.39 is 21.0 Å². The third-order valence-electron chi connectivity index (χ3n) is 6.09. The number of sulfonamides is 1. The monoisotopic (exact) mass is 522 g/mol. The molecule has 9 nitrogen and oxygen atoms in total. The van der Waals surface area contributed by atoms with Crippen molar-refractivity contribution < 1.29 is 12.6 Å². The fraction of sp³-hybridized carbons (Fsp3) is 0.240. The van der Waals surface area contributed by atoms with Gasteiger partial charge in [-0.3, -0.25) is 14.7 Å². The van der Waals surface area contributed by atoms with Gasteiger partial charge in [0, 0.05) is 37.1 Å². The van der Waals surface area contributed by atoms with Crippen LogP contribution in [-0.4, -0.2) is 57.3 Å². The Balaban J connectivity index is 1.35. The molecule has 3 heterocycles. The Morgan fingerprint density at radius 3 is 2.47 bits per heavy atom. The molecule has 2 aromatic heterocycles. The number of pyridine rings is 1. The Morgan fingerprint density at radius 1 is 0.944 bits per heavy atom. The van der Waals surface area contributed by atoms with Gasteiger partial charge in [0.25, 0.3) is 10.0 Å². The third-order valence-corrected chi connectivity index (χ3v) is 8.58. The molecule has 11 heteroatoms. The predicted octanol–water partition coefficient (Wildman–Crippen LogP) is 3.66. The van der Waals surface area contributed by atoms with Gasteiger partial charge in [0.1, 0.15) is 5.82 Å². The van der Waals surface area contributed by atoms with Crippen LogP contribution in [0.1, 0.15) is 12.8 Å². The highest BCUT2D eigenvalue weighted by molar-refractivity contribution is 7.92. The van der Waals surface area contributed by atoms with E-state index in [4.69, 9.17) is 4.98 Å². The van der Waals surface area contributed by atoms with Crippen LogP contribution in [-0.2, 0) is 21.0 Å². The maximum absolute atomic E-state index is 12.7. The molecular formula is C25H26N6O3S2. The van der Waals surface area contributed by atoms with Crippen molar-refractivity contribution in [3.8, 4) is 11.1 Å². The standard InChI is InChI=1S/C25H26N6O3S2/c1-35(32)31-11-9-20(10-12-31)28-25-17-27-23-8-7-18(14-24(23)29-25)19-13-21(16-26-15-19)30-36(33,34)22-5-3-2-4-6-22/h2-8,13-17,20,30H,9-12H2,1H3,(H,28,29). The summed E-state index contributed by atoms with van der Waals surface area (Å²) in [7, 11) is -4.65. The van der Waals surface area contributed by atoms with Gasteiger partial charge in [0.2, 0.25) is 0 Å². The Labute approximate surface area is 212 Å². The van der Waals surface area contributed by atoms with Crippen LogP contribution in [0, 0.1) is 0 Å². The van der Waals surface area contributed by atoms with E-state index in [0.29, 0.717) is 11.5 Å². The first-order valence-corrected chi connectivity index (χ1v) is 14.5. The smallest absolute Gasteiger partial charge is 0.261 e. The molecule has 186 valence electrons. The zero-order chi connectivity index (χ0) is 25.1. The molecule has 36 heavy (non-hydrogen) atoms. The third kappa shape index (κ3) is 5.53. The molecule has 1 atom stereocenters. The van der Waals surface area contributed by atoms with Crippen molar-refractivity contribution in [1.82, 2.24) is 19.3 Å². The van der Waals surface area contributed by atoms with Crippen LogP contribution in [0.4, 0.5) is 11.5 Å². The van der Waals surface area contributed by atoms with Crippen LogP contribution in [0.15, 0.2) is 78.1 Å². The Kier molecular flexibility index (Phi) is 6.95. The first-order chi connectivity index (χ1) is 17.4. The second-order valence-electron chi connectivity index (χ2n) is 8.61. The van der Waals surface area contributed by atoms with Crippen molar-refractivity contribution in [2.24, 2.45) is 0 Å². The molecule has 0 amide bonds. The summed E-state index contributed by atoms with van der Waals surface area (Å²) in [6.07, 6.45) is 8.37. The van der Waals surface area contributed by atoms with Gasteiger partial charge >= 0.3 is 0 Å². The molecule has 1 fully saturated rings. The second-order valence-corrected chi connectivity index (χ2v) is 11.7. The van der Waals surface area contributed by atoms with E-state index in [9.17, 15) is 12.6 Å². The fourth-order valence-electron chi connectivity index (χ4n) is 4.19. The molecule has 1 aliphatic heterocycles. The van der Waals surface area contributed by atoms with Crippen LogP contribution in [0.25, 0.3) is 22.2 Å². The zero-order valence-electron chi connectivity index (χ0n) is 19.7. The summed E-state index contributed by atoms with van der Waals surface area (Å²) in [5.74, 6) is 0.693. The summed E-state index contributed by atoms with van der Waals surface area (Å²) in [6.45, 7) is 1.56. The molecule has 4 aromatic rings. The number of nitrogens with one attached hydrogen (secondary N) is 2. The Morgan fingerprint density at radius 2 is 1.72 bits per heavy atom. The lowest BCUT2D eigenvalue weighted by atomic mass is 10.1. The zero-order valence-corrected chi connectivity index (χ0v) is 21.3. The molecule has 1 unspecified atom stereocenters. The first-order valence-electron chi connectivity index (χ1n) is 11.5. The van der Waals surface area contributed by atoms with Gasteiger partial charge in [0.15, 0.2) is 0 Å². The van der Waals surface area contributed by atoms with Gasteiger partial charge in [-0.15, -0.1) is 0 Å². The molecule has 5 rings (SSSR count). The highest BCUT2D eigenvalue weighted by Gasteiger charge is 2.21. The van der Waals surface area contributed by atoms with E-state index >= 15 is 0 Å². The minimum atomic E-state index is -3.72. The summed E-state index contributed by atoms with van der Waals surface area (Å²) in [4.78, 5) is 13.7. The van der Waals surface area contributed by atoms with Crippen molar-refractivity contribution in [3.63, 3.8) is 0 Å². The summed E-state index contributed by atoms with van der Waals surface area (Å²) < 4.78 is 41.6. The fourth-order valence-corrected chi connectivity index (χ4v) is 5.97. The van der Waals surface area contributed by atoms with Gasteiger partial charge in [-0.25, -0.2) is 21.9 Å². The number of piperidine rings is 1. The van der Waals surface area contributed by atoms with Crippen molar-refractivity contribution in [2.45, 2.75) is 23.8 Å². The number of rotatable bonds is 7. The summed E-state index contributed by atoms with van der Waals surface area (Å²) in [5, 5.41) is 3.45. The second kappa shape index (κ2) is 10.3. The number of aromatic nitrogens is 3. The first kappa shape index (κ1) is 24.3. The van der Waals surface area contributed by atoms with Crippen LogP contribution in [0.5, 0.6) is 0 Å². The number of anilines is 2. The summed E-state index contributed by atoms with van der Waals surface area (Å²) in [5.41, 5.74) is 3.46. The SMILES string of the molecule is CS(=O)N1CCC(Nc2cnc3ccc(-c4cncc(NS(=O)(=O)c5ccccc5)c4)cc3n2)CC1. The van der Waals surface area contributed by atoms with Gasteiger partial charge in [-0.1, -0.05) is 24.3 Å². The predicted molar refractivity (Wildman–Crippen MR) is 142 cm³/mol. The van der Waals surface area contributed by atoms with E-state index in [2.05, 4.69) is 20.0 Å². The van der Waals surface area contributed by atoms with Crippen molar-refractivity contribution in [3.05, 3.63) is 73.2 Å². The quantitative estimate of drug-likeness (QED) is 0.380. The minimum absolute atomic E-state index is 0.185. The van der Waals surface area contributed by atoms with Crippen molar-refractivity contribution >= 4 is 43.5 Å². The lowest BCUT2D eigenvalue weighted by molar-refractivity contribution is 0.347. The molecule has 2 aromatic carbocycles. The molecule has 1 saturated heterocycles. The van der Waals surface area contributed by atoms with Gasteiger partial charge in [-0.2, -0.15) is 0 Å². The lowest BCUT2D eigenvalue weighted by Gasteiger charge is -2.30. The van der Waals surface area contributed by atoms with Gasteiger partial charge in [-0.05, 0) is 48.7 Å². The minimum Gasteiger partial charge on any atom is -0.366 e. The molecule has 0 aliphatic carbocycles. The molecule has 0 bridgehead atoms. The largest absolute Gasteiger partial charge is 0.366 e. The van der Waals surface area contributed by atoms with Crippen LogP contribution in [0.3, 0.4) is 0 Å². The molecule has 1 aliphatic rings. The van der Waals surface area contributed by atoms with Crippen LogP contribution < -0.4 is 10.0 Å². The molecule has 0 spiro atoms. The van der Waals surface area contributed by atoms with E-state index in [1.807, 2.05) is 22.5 Å². The Hall–Kier alpha value is -3.41. The molecule has 2 N–H and O–H groups in total. The summed E-state index contributed by atoms with van der Waals surface area (Å²) >= 11 is 0. The number of nitrogens with zero attached hydrogens (tertiary/aromatic N) is 4. The number of fused-ring (bicyclic) bond motifs is 1. The molecule has 0 radical (unpaired) electrons. The normalized spacial score (nSPS) is 16.0. The average Bonchev–Trinajstić information content (AvgIpc) is 2.89. The van der Waals surface area contributed by atoms with Crippen LogP contribution in [0.2, 0.25) is 0 Å². The highest BCUT2D eigenvalue weighted by atomic mass is 32.2. The van der Waals surface area contributed by atoms with E-state index in [0.717, 1.165) is 48.1 Å². The molecule has 0 saturated carbocycles. The topological polar surface area (TPSA) is 117 Å². The lowest BCUT2D eigenvalue weighted by Crippen LogP contribution is -2.39. The summed E-state index contributed by atoms with van der Waals surface area (Å²) in [6, 6.07) is 15.9. The molecular weight excluding hydrogens is 496 g/mol. The Bertz CT molecular complexity index is 1510. The van der Waals surface area contributed by atoms with E-state index in [1.165, 1.54) is 6.20 Å². The maximum atomic E-state index is 12.7. The number of benzene rings is 2. The van der Waals surface area contributed by atoms with Crippen molar-refractivity contribution in [2.75, 3.05) is 29.4 Å². The number of hydrogen-bond acceptors (Lipinski definition) is 7. The maximum Gasteiger partial charge on any atom is 0.261 e. The average molecular weight is 523 g/mol. The van der Waals surface area contributed by atoms with Gasteiger partial charge < -0.3 is 5.32 Å². The van der Waals surface area contributed by atoms with Gasteiger partial charge in [0.05, 0.1) is 45.0 Å². The van der Waals surface area contributed by atoms with E-state index in [1.54, 1.807) is 55.0 Å². The van der Waals surface area contributed by atoms with Crippen molar-refractivity contribution in [1.29, 1.82) is 0 Å². The number of hydrogen-bond donors (Lipinski definition) is 2. The van der Waals surface area contributed by atoms with Crippen LogP contribution >= 0.6 is 0 Å². The van der Waals surface area contributed by atoms with E-state index in [-0.39, 0.29) is 10.9 Å².